The van der Waals surface area contributed by atoms with E-state index in [2.05, 4.69) is 15.6 Å². The van der Waals surface area contributed by atoms with Gasteiger partial charge in [0.1, 0.15) is 23.7 Å². The number of rotatable bonds is 10. The number of aryl methyl sites for hydroxylation is 1. The first-order valence-corrected chi connectivity index (χ1v) is 11.2. The second kappa shape index (κ2) is 11.5. The summed E-state index contributed by atoms with van der Waals surface area (Å²) in [5.74, 6) is 0.161. The van der Waals surface area contributed by atoms with E-state index in [0.29, 0.717) is 39.8 Å². The van der Waals surface area contributed by atoms with Crippen LogP contribution in [0.4, 0.5) is 5.69 Å². The van der Waals surface area contributed by atoms with Crippen molar-refractivity contribution in [1.82, 2.24) is 14.9 Å². The average Bonchev–Trinajstić information content (AvgIpc) is 2.83. The summed E-state index contributed by atoms with van der Waals surface area (Å²) in [6.07, 6.45) is 1.13. The number of halogens is 1. The first-order valence-electron chi connectivity index (χ1n) is 10.8. The molecule has 0 aliphatic heterocycles. The van der Waals surface area contributed by atoms with Crippen LogP contribution in [0, 0.1) is 0 Å². The number of nitrogens with one attached hydrogen (secondary N) is 2. The molecule has 0 aliphatic rings. The molecule has 1 aromatic heterocycles. The van der Waals surface area contributed by atoms with Gasteiger partial charge in [0, 0.05) is 25.5 Å². The number of nitrogens with zero attached hydrogens (tertiary/aromatic N) is 2. The number of carbonyl (C=O) groups excluding carboxylic acids is 2. The maximum absolute atomic E-state index is 13.2. The number of hydrogen-bond donors (Lipinski definition) is 2. The Balaban J connectivity index is 1.88. The molecular formula is C24H27ClN4O5. The number of amides is 2. The second-order valence-electron chi connectivity index (χ2n) is 7.52. The zero-order chi connectivity index (χ0) is 24.7. The molecule has 9 nitrogen and oxygen atoms in total. The molecule has 3 rings (SSSR count). The highest BCUT2D eigenvalue weighted by Crippen LogP contribution is 2.35. The molecule has 2 aromatic carbocycles. The third-order valence-electron chi connectivity index (χ3n) is 5.13. The lowest BCUT2D eigenvalue weighted by atomic mass is 10.2. The van der Waals surface area contributed by atoms with E-state index < -0.39 is 11.5 Å². The Morgan fingerprint density at radius 2 is 1.82 bits per heavy atom. The molecule has 0 bridgehead atoms. The van der Waals surface area contributed by atoms with Crippen LogP contribution in [-0.2, 0) is 22.6 Å². The normalized spacial score (nSPS) is 10.7. The molecule has 180 valence electrons. The van der Waals surface area contributed by atoms with Gasteiger partial charge in [0.15, 0.2) is 0 Å². The summed E-state index contributed by atoms with van der Waals surface area (Å²) in [7, 11) is 2.94. The monoisotopic (exact) mass is 486 g/mol. The molecule has 3 aromatic rings. The van der Waals surface area contributed by atoms with Gasteiger partial charge in [0.05, 0.1) is 36.0 Å². The maximum atomic E-state index is 13.2. The Morgan fingerprint density at radius 3 is 2.53 bits per heavy atom. The summed E-state index contributed by atoms with van der Waals surface area (Å²) in [4.78, 5) is 42.6. The Labute approximate surface area is 202 Å². The average molecular weight is 487 g/mol. The highest BCUT2D eigenvalue weighted by molar-refractivity contribution is 6.32. The smallest absolute Gasteiger partial charge is 0.273 e. The zero-order valence-corrected chi connectivity index (χ0v) is 20.1. The fraction of sp³-hybridized carbons (Fsp3) is 0.333. The quantitative estimate of drug-likeness (QED) is 0.455. The molecule has 0 fully saturated rings. The summed E-state index contributed by atoms with van der Waals surface area (Å²) in [5, 5.41) is 5.82. The van der Waals surface area contributed by atoms with Crippen LogP contribution in [0.25, 0.3) is 11.0 Å². The molecule has 2 amide bonds. The summed E-state index contributed by atoms with van der Waals surface area (Å²) in [5.41, 5.74) is 1.23. The molecule has 2 N–H and O–H groups in total. The Bertz CT molecular complexity index is 1260. The van der Waals surface area contributed by atoms with Gasteiger partial charge in [-0.15, -0.1) is 0 Å². The molecule has 34 heavy (non-hydrogen) atoms. The van der Waals surface area contributed by atoms with Gasteiger partial charge in [-0.1, -0.05) is 30.7 Å². The first-order chi connectivity index (χ1) is 16.4. The number of benzene rings is 2. The van der Waals surface area contributed by atoms with E-state index in [1.165, 1.54) is 24.9 Å². The second-order valence-corrected chi connectivity index (χ2v) is 7.93. The summed E-state index contributed by atoms with van der Waals surface area (Å²) in [6, 6.07) is 10.1. The van der Waals surface area contributed by atoms with Crippen LogP contribution >= 0.6 is 11.6 Å². The maximum Gasteiger partial charge on any atom is 0.273 e. The van der Waals surface area contributed by atoms with Crippen LogP contribution in [0.5, 0.6) is 11.5 Å². The number of carbonyl (C=O) groups is 2. The molecule has 0 unspecified atom stereocenters. The Kier molecular flexibility index (Phi) is 8.48. The molecule has 0 radical (unpaired) electrons. The zero-order valence-electron chi connectivity index (χ0n) is 19.3. The van der Waals surface area contributed by atoms with Crippen LogP contribution in [0.1, 0.15) is 25.5 Å². The number of hydrogen-bond acceptors (Lipinski definition) is 6. The van der Waals surface area contributed by atoms with Crippen LogP contribution < -0.4 is 25.7 Å². The minimum atomic E-state index is -0.454. The molecule has 0 saturated heterocycles. The van der Waals surface area contributed by atoms with Crippen molar-refractivity contribution in [3.8, 4) is 11.5 Å². The van der Waals surface area contributed by atoms with Crippen LogP contribution in [-0.4, -0.2) is 42.1 Å². The molecule has 0 saturated carbocycles. The van der Waals surface area contributed by atoms with Crippen molar-refractivity contribution in [2.75, 3.05) is 26.1 Å². The van der Waals surface area contributed by atoms with Gasteiger partial charge in [-0.3, -0.25) is 19.0 Å². The molecule has 1 heterocycles. The number of fused-ring (bicyclic) bond motifs is 1. The predicted octanol–water partition coefficient (Wildman–Crippen LogP) is 3.16. The van der Waals surface area contributed by atoms with Gasteiger partial charge < -0.3 is 20.1 Å². The number of para-hydroxylation sites is 2. The lowest BCUT2D eigenvalue weighted by Crippen LogP contribution is -2.32. The largest absolute Gasteiger partial charge is 0.495 e. The minimum Gasteiger partial charge on any atom is -0.495 e. The van der Waals surface area contributed by atoms with Crippen molar-refractivity contribution in [2.24, 2.45) is 0 Å². The number of aromatic nitrogens is 2. The fourth-order valence-electron chi connectivity index (χ4n) is 3.44. The SMILES string of the molecule is CCCNC(=O)CCc1nc2ccccc2n(CC(=O)Nc2cc(Cl)c(OC)cc2OC)c1=O. The van der Waals surface area contributed by atoms with E-state index >= 15 is 0 Å². The first kappa shape index (κ1) is 25.0. The molecular weight excluding hydrogens is 460 g/mol. The standard InChI is InChI=1S/C24H27ClN4O5/c1-4-11-26-22(30)10-9-17-24(32)29(19-8-6-5-7-16(19)27-17)14-23(31)28-18-12-15(25)20(33-2)13-21(18)34-3/h5-8,12-13H,4,9-11,14H2,1-3H3,(H,26,30)(H,28,31). The lowest BCUT2D eigenvalue weighted by molar-refractivity contribution is -0.121. The summed E-state index contributed by atoms with van der Waals surface area (Å²) < 4.78 is 11.9. The van der Waals surface area contributed by atoms with Crippen LogP contribution in [0.15, 0.2) is 41.2 Å². The summed E-state index contributed by atoms with van der Waals surface area (Å²) >= 11 is 6.19. The third kappa shape index (κ3) is 5.85. The van der Waals surface area contributed by atoms with Gasteiger partial charge in [-0.05, 0) is 24.6 Å². The van der Waals surface area contributed by atoms with Gasteiger partial charge >= 0.3 is 0 Å². The highest BCUT2D eigenvalue weighted by atomic mass is 35.5. The predicted molar refractivity (Wildman–Crippen MR) is 131 cm³/mol. The number of ether oxygens (including phenoxy) is 2. The molecule has 10 heteroatoms. The molecule has 0 atom stereocenters. The van der Waals surface area contributed by atoms with Gasteiger partial charge in [0.25, 0.3) is 5.56 Å². The van der Waals surface area contributed by atoms with Crippen molar-refractivity contribution < 1.29 is 19.1 Å². The lowest BCUT2D eigenvalue weighted by Gasteiger charge is -2.15. The van der Waals surface area contributed by atoms with Crippen LogP contribution in [0.3, 0.4) is 0 Å². The Hall–Kier alpha value is -3.59. The minimum absolute atomic E-state index is 0.133. The molecule has 0 spiro atoms. The van der Waals surface area contributed by atoms with Crippen molar-refractivity contribution in [2.45, 2.75) is 32.7 Å². The van der Waals surface area contributed by atoms with Crippen LogP contribution in [0.2, 0.25) is 5.02 Å². The highest BCUT2D eigenvalue weighted by Gasteiger charge is 2.17. The van der Waals surface area contributed by atoms with E-state index in [1.807, 2.05) is 6.92 Å². The molecule has 0 aliphatic carbocycles. The van der Waals surface area contributed by atoms with Crippen molar-refractivity contribution >= 4 is 40.1 Å². The van der Waals surface area contributed by atoms with E-state index in [1.54, 1.807) is 30.3 Å². The van der Waals surface area contributed by atoms with Crippen molar-refractivity contribution in [1.29, 1.82) is 0 Å². The van der Waals surface area contributed by atoms with Gasteiger partial charge in [-0.2, -0.15) is 0 Å². The fourth-order valence-corrected chi connectivity index (χ4v) is 3.68. The van der Waals surface area contributed by atoms with Gasteiger partial charge in [-0.25, -0.2) is 4.98 Å². The topological polar surface area (TPSA) is 112 Å². The summed E-state index contributed by atoms with van der Waals surface area (Å²) in [6.45, 7) is 2.28. The number of methoxy groups -OCH3 is 2. The van der Waals surface area contributed by atoms with Gasteiger partial charge in [0.2, 0.25) is 11.8 Å². The van der Waals surface area contributed by atoms with E-state index in [0.717, 1.165) is 6.42 Å². The van der Waals surface area contributed by atoms with E-state index in [9.17, 15) is 14.4 Å². The van der Waals surface area contributed by atoms with Crippen molar-refractivity contribution in [3.63, 3.8) is 0 Å². The third-order valence-corrected chi connectivity index (χ3v) is 5.43. The Morgan fingerprint density at radius 1 is 1.09 bits per heavy atom. The van der Waals surface area contributed by atoms with E-state index in [4.69, 9.17) is 21.1 Å². The number of anilines is 1. The van der Waals surface area contributed by atoms with E-state index in [-0.39, 0.29) is 31.0 Å². The van der Waals surface area contributed by atoms with Crippen molar-refractivity contribution in [3.05, 3.63) is 57.5 Å².